The van der Waals surface area contributed by atoms with E-state index in [0.29, 0.717) is 52.9 Å². The van der Waals surface area contributed by atoms with Gasteiger partial charge in [-0.15, -0.1) is 0 Å². The Morgan fingerprint density at radius 3 is 1.25 bits per heavy atom. The molecule has 0 aliphatic rings. The average Bonchev–Trinajstić information content (AvgIpc) is 3.08. The standard InChI is InChI=1S/C41H48F4O3/c42-34-17-13-32(14-18-34)38-23-21-36(29-40(38)44)47-27-9-5-1-3-7-11-31(25-26-46)12-8-4-2-6-10-28-48-37-22-24-39(41(45)30-37)33-15-19-35(43)20-16-33/h13-24,29-31,46H,1-12,25-28H2. The van der Waals surface area contributed by atoms with Crippen molar-refractivity contribution in [2.75, 3.05) is 19.8 Å². The lowest BCUT2D eigenvalue weighted by atomic mass is 9.92. The summed E-state index contributed by atoms with van der Waals surface area (Å²) in [5.41, 5.74) is 2.11. The van der Waals surface area contributed by atoms with Crippen molar-refractivity contribution in [3.05, 3.63) is 108 Å². The summed E-state index contributed by atoms with van der Waals surface area (Å²) in [6.07, 6.45) is 13.9. The van der Waals surface area contributed by atoms with Gasteiger partial charge in [-0.1, -0.05) is 88.5 Å². The zero-order chi connectivity index (χ0) is 34.0. The number of benzene rings is 4. The number of halogens is 4. The predicted molar refractivity (Wildman–Crippen MR) is 185 cm³/mol. The molecule has 3 nitrogen and oxygen atoms in total. The maximum absolute atomic E-state index is 14.5. The van der Waals surface area contributed by atoms with Crippen LogP contribution in [0.5, 0.6) is 11.5 Å². The summed E-state index contributed by atoms with van der Waals surface area (Å²) >= 11 is 0. The molecule has 0 heterocycles. The molecular weight excluding hydrogens is 616 g/mol. The van der Waals surface area contributed by atoms with E-state index in [1.807, 2.05) is 0 Å². The highest BCUT2D eigenvalue weighted by molar-refractivity contribution is 5.65. The summed E-state index contributed by atoms with van der Waals surface area (Å²) in [5, 5.41) is 9.52. The van der Waals surface area contributed by atoms with Crippen molar-refractivity contribution >= 4 is 0 Å². The second-order valence-corrected chi connectivity index (χ2v) is 12.5. The Balaban J connectivity index is 0.995. The first kappa shape index (κ1) is 37.0. The average molecular weight is 665 g/mol. The molecule has 48 heavy (non-hydrogen) atoms. The fraction of sp³-hybridized carbons (Fsp3) is 0.415. The van der Waals surface area contributed by atoms with Gasteiger partial charge < -0.3 is 14.6 Å². The Labute approximate surface area is 282 Å². The van der Waals surface area contributed by atoms with Gasteiger partial charge in [0, 0.05) is 29.9 Å². The van der Waals surface area contributed by atoms with Crippen LogP contribution in [0.4, 0.5) is 17.6 Å². The second-order valence-electron chi connectivity index (χ2n) is 12.5. The van der Waals surface area contributed by atoms with Crippen LogP contribution in [0.25, 0.3) is 22.3 Å². The largest absolute Gasteiger partial charge is 0.493 e. The van der Waals surface area contributed by atoms with Crippen molar-refractivity contribution in [1.29, 1.82) is 0 Å². The molecule has 0 aliphatic carbocycles. The third-order valence-corrected chi connectivity index (χ3v) is 8.78. The van der Waals surface area contributed by atoms with E-state index in [2.05, 4.69) is 0 Å². The number of rotatable bonds is 22. The Morgan fingerprint density at radius 1 is 0.458 bits per heavy atom. The van der Waals surface area contributed by atoms with Crippen molar-refractivity contribution < 1.29 is 32.1 Å². The van der Waals surface area contributed by atoms with Crippen molar-refractivity contribution in [3.63, 3.8) is 0 Å². The van der Waals surface area contributed by atoms with Gasteiger partial charge in [0.25, 0.3) is 0 Å². The first-order valence-corrected chi connectivity index (χ1v) is 17.4. The van der Waals surface area contributed by atoms with Crippen LogP contribution < -0.4 is 9.47 Å². The molecule has 0 unspecified atom stereocenters. The molecule has 0 amide bonds. The molecule has 258 valence electrons. The molecule has 0 atom stereocenters. The minimum atomic E-state index is -0.385. The number of hydrogen-bond acceptors (Lipinski definition) is 3. The van der Waals surface area contributed by atoms with E-state index in [9.17, 15) is 22.7 Å². The molecule has 4 aromatic carbocycles. The quantitative estimate of drug-likeness (QED) is 0.0671. The van der Waals surface area contributed by atoms with Crippen LogP contribution in [-0.2, 0) is 0 Å². The lowest BCUT2D eigenvalue weighted by Gasteiger charge is -2.15. The Kier molecular flexibility index (Phi) is 15.8. The molecule has 0 saturated heterocycles. The van der Waals surface area contributed by atoms with Gasteiger partial charge in [-0.25, -0.2) is 17.6 Å². The van der Waals surface area contributed by atoms with Gasteiger partial charge in [-0.05, 0) is 84.8 Å². The Bertz CT molecular complexity index is 1380. The van der Waals surface area contributed by atoms with Crippen LogP contribution in [0.3, 0.4) is 0 Å². The van der Waals surface area contributed by atoms with Gasteiger partial charge in [0.1, 0.15) is 34.8 Å². The molecule has 7 heteroatoms. The highest BCUT2D eigenvalue weighted by Crippen LogP contribution is 2.28. The van der Waals surface area contributed by atoms with E-state index in [1.54, 1.807) is 48.5 Å². The third kappa shape index (κ3) is 12.6. The number of aliphatic hydroxyl groups excluding tert-OH is 1. The van der Waals surface area contributed by atoms with E-state index < -0.39 is 0 Å². The summed E-state index contributed by atoms with van der Waals surface area (Å²) in [7, 11) is 0. The van der Waals surface area contributed by atoms with Crippen LogP contribution in [0, 0.1) is 29.2 Å². The number of hydrogen-bond donors (Lipinski definition) is 1. The summed E-state index contributed by atoms with van der Waals surface area (Å²) in [4.78, 5) is 0. The molecule has 1 N–H and O–H groups in total. The van der Waals surface area contributed by atoms with Crippen LogP contribution in [0.1, 0.15) is 83.5 Å². The van der Waals surface area contributed by atoms with E-state index in [4.69, 9.17) is 9.47 Å². The van der Waals surface area contributed by atoms with Gasteiger partial charge in [-0.3, -0.25) is 0 Å². The minimum absolute atomic E-state index is 0.232. The maximum atomic E-state index is 14.5. The van der Waals surface area contributed by atoms with E-state index >= 15 is 0 Å². The van der Waals surface area contributed by atoms with Crippen molar-refractivity contribution in [3.8, 4) is 33.8 Å². The molecule has 0 aliphatic heterocycles. The molecule has 0 aromatic heterocycles. The van der Waals surface area contributed by atoms with Crippen molar-refractivity contribution in [2.45, 2.75) is 83.5 Å². The van der Waals surface area contributed by atoms with Gasteiger partial charge in [-0.2, -0.15) is 0 Å². The molecule has 0 spiro atoms. The smallest absolute Gasteiger partial charge is 0.134 e. The molecule has 0 saturated carbocycles. The number of aliphatic hydroxyl groups is 1. The van der Waals surface area contributed by atoms with Crippen LogP contribution in [0.15, 0.2) is 84.9 Å². The van der Waals surface area contributed by atoms with Crippen LogP contribution >= 0.6 is 0 Å². The first-order valence-electron chi connectivity index (χ1n) is 17.4. The minimum Gasteiger partial charge on any atom is -0.493 e. The van der Waals surface area contributed by atoms with E-state index in [1.165, 1.54) is 36.4 Å². The lowest BCUT2D eigenvalue weighted by Crippen LogP contribution is -2.04. The third-order valence-electron chi connectivity index (χ3n) is 8.78. The highest BCUT2D eigenvalue weighted by Gasteiger charge is 2.10. The lowest BCUT2D eigenvalue weighted by molar-refractivity contribution is 0.240. The SMILES string of the molecule is OCCC(CCCCCCCOc1ccc(-c2ccc(F)cc2)c(F)c1)CCCCCCCOc1ccc(-c2ccc(F)cc2)c(F)c1. The molecular formula is C41H48F4O3. The molecule has 0 bridgehead atoms. The first-order chi connectivity index (χ1) is 23.4. The van der Waals surface area contributed by atoms with Crippen LogP contribution in [-0.4, -0.2) is 24.9 Å². The molecule has 0 fully saturated rings. The summed E-state index contributed by atoms with van der Waals surface area (Å²) in [6.45, 7) is 1.31. The van der Waals surface area contributed by atoms with Gasteiger partial charge >= 0.3 is 0 Å². The zero-order valence-electron chi connectivity index (χ0n) is 27.7. The van der Waals surface area contributed by atoms with Gasteiger partial charge in [0.2, 0.25) is 0 Å². The van der Waals surface area contributed by atoms with Crippen LogP contribution in [0.2, 0.25) is 0 Å². The summed E-state index contributed by atoms with van der Waals surface area (Å²) in [5.74, 6) is 0.0915. The summed E-state index contributed by atoms with van der Waals surface area (Å²) in [6, 6.07) is 21.2. The molecule has 4 rings (SSSR count). The Hall–Kier alpha value is -3.84. The second kappa shape index (κ2) is 20.5. The topological polar surface area (TPSA) is 38.7 Å². The number of ether oxygens (including phenoxy) is 2. The predicted octanol–water partition coefficient (Wildman–Crippen LogP) is 11.7. The van der Waals surface area contributed by atoms with Crippen molar-refractivity contribution in [2.24, 2.45) is 5.92 Å². The normalized spacial score (nSPS) is 11.3. The Morgan fingerprint density at radius 2 is 0.854 bits per heavy atom. The fourth-order valence-electron chi connectivity index (χ4n) is 6.02. The zero-order valence-corrected chi connectivity index (χ0v) is 27.7. The van der Waals surface area contributed by atoms with E-state index in [0.717, 1.165) is 83.5 Å². The fourth-order valence-corrected chi connectivity index (χ4v) is 6.02. The maximum Gasteiger partial charge on any atom is 0.134 e. The summed E-state index contributed by atoms with van der Waals surface area (Å²) < 4.78 is 66.9. The monoisotopic (exact) mass is 664 g/mol. The van der Waals surface area contributed by atoms with Gasteiger partial charge in [0.15, 0.2) is 0 Å². The van der Waals surface area contributed by atoms with Gasteiger partial charge in [0.05, 0.1) is 13.2 Å². The highest BCUT2D eigenvalue weighted by atomic mass is 19.1. The molecule has 0 radical (unpaired) electrons. The van der Waals surface area contributed by atoms with E-state index in [-0.39, 0.29) is 29.9 Å². The number of unbranched alkanes of at least 4 members (excludes halogenated alkanes) is 8. The molecule has 4 aromatic rings. The van der Waals surface area contributed by atoms with Crippen molar-refractivity contribution in [1.82, 2.24) is 0 Å².